The number of sulfonamides is 1. The molecule has 5 nitrogen and oxygen atoms in total. The minimum Gasteiger partial charge on any atom is -0.489 e. The Morgan fingerprint density at radius 2 is 1.65 bits per heavy atom. The van der Waals surface area contributed by atoms with E-state index in [9.17, 15) is 8.42 Å². The number of benzene rings is 3. The largest absolute Gasteiger partial charge is 0.489 e. The molecule has 3 rings (SSSR count). The molecule has 130 valence electrons. The van der Waals surface area contributed by atoms with E-state index in [4.69, 9.17) is 10.00 Å². The van der Waals surface area contributed by atoms with Gasteiger partial charge in [0.1, 0.15) is 12.4 Å². The van der Waals surface area contributed by atoms with Crippen LogP contribution in [-0.4, -0.2) is 8.42 Å². The molecule has 0 aliphatic carbocycles. The quantitative estimate of drug-likeness (QED) is 0.718. The van der Waals surface area contributed by atoms with E-state index < -0.39 is 10.0 Å². The molecule has 0 atom stereocenters. The van der Waals surface area contributed by atoms with Gasteiger partial charge in [-0.25, -0.2) is 8.42 Å². The lowest BCUT2D eigenvalue weighted by Gasteiger charge is -2.10. The molecule has 0 aromatic heterocycles. The van der Waals surface area contributed by atoms with Crippen LogP contribution < -0.4 is 9.46 Å². The fraction of sp³-hybridized carbons (Fsp3) is 0.0500. The maximum atomic E-state index is 12.4. The highest BCUT2D eigenvalue weighted by Crippen LogP contribution is 2.20. The SMILES string of the molecule is N#Cc1cccc(S(=O)(=O)Nc2ccc(OCc3ccccc3)cc2)c1. The molecule has 3 aromatic carbocycles. The highest BCUT2D eigenvalue weighted by molar-refractivity contribution is 7.92. The monoisotopic (exact) mass is 364 g/mol. The van der Waals surface area contributed by atoms with Gasteiger partial charge in [0, 0.05) is 5.69 Å². The van der Waals surface area contributed by atoms with Crippen molar-refractivity contribution < 1.29 is 13.2 Å². The Morgan fingerprint density at radius 3 is 2.35 bits per heavy atom. The third-order valence-corrected chi connectivity index (χ3v) is 5.01. The van der Waals surface area contributed by atoms with Crippen LogP contribution >= 0.6 is 0 Å². The first kappa shape index (κ1) is 17.5. The van der Waals surface area contributed by atoms with Crippen LogP contribution in [0.2, 0.25) is 0 Å². The van der Waals surface area contributed by atoms with Crippen LogP contribution in [0, 0.1) is 11.3 Å². The molecule has 0 unspecified atom stereocenters. The molecule has 0 aliphatic heterocycles. The third-order valence-electron chi connectivity index (χ3n) is 3.63. The second-order valence-electron chi connectivity index (χ2n) is 5.54. The van der Waals surface area contributed by atoms with E-state index in [2.05, 4.69) is 4.72 Å². The van der Waals surface area contributed by atoms with Crippen LogP contribution in [0.3, 0.4) is 0 Å². The molecule has 26 heavy (non-hydrogen) atoms. The van der Waals surface area contributed by atoms with Gasteiger partial charge in [0.25, 0.3) is 10.0 Å². The van der Waals surface area contributed by atoms with Crippen LogP contribution in [0.5, 0.6) is 5.75 Å². The zero-order chi connectivity index (χ0) is 18.4. The number of ether oxygens (including phenoxy) is 1. The summed E-state index contributed by atoms with van der Waals surface area (Å²) in [5, 5.41) is 8.90. The fourth-order valence-corrected chi connectivity index (χ4v) is 3.41. The smallest absolute Gasteiger partial charge is 0.261 e. The van der Waals surface area contributed by atoms with Crippen molar-refractivity contribution in [2.24, 2.45) is 0 Å². The molecule has 0 spiro atoms. The summed E-state index contributed by atoms with van der Waals surface area (Å²) in [5.41, 5.74) is 1.76. The van der Waals surface area contributed by atoms with E-state index in [1.807, 2.05) is 36.4 Å². The lowest BCUT2D eigenvalue weighted by Crippen LogP contribution is -2.13. The second kappa shape index (κ2) is 7.72. The number of nitriles is 1. The van der Waals surface area contributed by atoms with E-state index in [-0.39, 0.29) is 10.5 Å². The molecular formula is C20H16N2O3S. The lowest BCUT2D eigenvalue weighted by atomic mass is 10.2. The standard InChI is InChI=1S/C20H16N2O3S/c21-14-17-7-4-8-20(13-17)26(23,24)22-18-9-11-19(12-10-18)25-15-16-5-2-1-3-6-16/h1-13,22H,15H2. The van der Waals surface area contributed by atoms with Gasteiger partial charge in [-0.3, -0.25) is 4.72 Å². The van der Waals surface area contributed by atoms with Gasteiger partial charge < -0.3 is 4.74 Å². The zero-order valence-electron chi connectivity index (χ0n) is 13.8. The molecule has 0 radical (unpaired) electrons. The van der Waals surface area contributed by atoms with Crippen LogP contribution in [0.1, 0.15) is 11.1 Å². The Hall–Kier alpha value is -3.30. The number of rotatable bonds is 6. The average molecular weight is 364 g/mol. The Morgan fingerprint density at radius 1 is 0.923 bits per heavy atom. The van der Waals surface area contributed by atoms with E-state index in [0.717, 1.165) is 5.56 Å². The summed E-state index contributed by atoms with van der Waals surface area (Å²) in [6.07, 6.45) is 0. The molecule has 0 saturated carbocycles. The number of nitrogens with one attached hydrogen (secondary N) is 1. The summed E-state index contributed by atoms with van der Waals surface area (Å²) in [4.78, 5) is 0.0426. The first-order valence-electron chi connectivity index (χ1n) is 7.86. The van der Waals surface area contributed by atoms with Gasteiger partial charge in [-0.15, -0.1) is 0 Å². The fourth-order valence-electron chi connectivity index (χ4n) is 2.31. The van der Waals surface area contributed by atoms with E-state index in [1.54, 1.807) is 30.3 Å². The van der Waals surface area contributed by atoms with Crippen molar-refractivity contribution in [2.45, 2.75) is 11.5 Å². The van der Waals surface area contributed by atoms with Crippen LogP contribution in [0.15, 0.2) is 83.8 Å². The number of hydrogen-bond donors (Lipinski definition) is 1. The third kappa shape index (κ3) is 4.41. The average Bonchev–Trinajstić information content (AvgIpc) is 2.68. The van der Waals surface area contributed by atoms with Crippen molar-refractivity contribution in [3.63, 3.8) is 0 Å². The molecule has 0 saturated heterocycles. The van der Waals surface area contributed by atoms with Gasteiger partial charge in [0.2, 0.25) is 0 Å². The van der Waals surface area contributed by atoms with Gasteiger partial charge in [-0.05, 0) is 48.0 Å². The lowest BCUT2D eigenvalue weighted by molar-refractivity contribution is 0.306. The Labute approximate surface area is 152 Å². The molecule has 0 heterocycles. The Balaban J connectivity index is 1.67. The highest BCUT2D eigenvalue weighted by Gasteiger charge is 2.14. The summed E-state index contributed by atoms with van der Waals surface area (Å²) >= 11 is 0. The molecular weight excluding hydrogens is 348 g/mol. The Bertz CT molecular complexity index is 1020. The Kier molecular flexibility index (Phi) is 5.20. The van der Waals surface area contributed by atoms with Crippen molar-refractivity contribution in [3.8, 4) is 11.8 Å². The summed E-state index contributed by atoms with van der Waals surface area (Å²) in [5.74, 6) is 0.642. The molecule has 0 bridgehead atoms. The number of nitrogens with zero attached hydrogens (tertiary/aromatic N) is 1. The van der Waals surface area contributed by atoms with E-state index >= 15 is 0 Å². The van der Waals surface area contributed by atoms with Crippen molar-refractivity contribution in [2.75, 3.05) is 4.72 Å². The van der Waals surface area contributed by atoms with Crippen molar-refractivity contribution >= 4 is 15.7 Å². The minimum atomic E-state index is -3.76. The maximum absolute atomic E-state index is 12.4. The predicted octanol–water partition coefficient (Wildman–Crippen LogP) is 3.94. The first-order valence-corrected chi connectivity index (χ1v) is 9.35. The molecule has 0 aliphatic rings. The number of hydrogen-bond acceptors (Lipinski definition) is 4. The summed E-state index contributed by atoms with van der Waals surface area (Å²) in [6.45, 7) is 0.437. The molecule has 0 fully saturated rings. The van der Waals surface area contributed by atoms with Gasteiger partial charge in [-0.1, -0.05) is 36.4 Å². The van der Waals surface area contributed by atoms with Gasteiger partial charge in [0.15, 0.2) is 0 Å². The first-order chi connectivity index (χ1) is 12.6. The van der Waals surface area contributed by atoms with Gasteiger partial charge >= 0.3 is 0 Å². The number of anilines is 1. The van der Waals surface area contributed by atoms with Crippen LogP contribution in [-0.2, 0) is 16.6 Å². The maximum Gasteiger partial charge on any atom is 0.261 e. The normalized spacial score (nSPS) is 10.7. The molecule has 3 aromatic rings. The second-order valence-corrected chi connectivity index (χ2v) is 7.23. The summed E-state index contributed by atoms with van der Waals surface area (Å²) in [7, 11) is -3.76. The minimum absolute atomic E-state index is 0.0426. The molecule has 1 N–H and O–H groups in total. The van der Waals surface area contributed by atoms with E-state index in [1.165, 1.54) is 18.2 Å². The van der Waals surface area contributed by atoms with Crippen LogP contribution in [0.4, 0.5) is 5.69 Å². The van der Waals surface area contributed by atoms with Crippen molar-refractivity contribution in [1.82, 2.24) is 0 Å². The molecule has 6 heteroatoms. The summed E-state index contributed by atoms with van der Waals surface area (Å²) < 4.78 is 33.0. The van der Waals surface area contributed by atoms with Gasteiger partial charge in [-0.2, -0.15) is 5.26 Å². The van der Waals surface area contributed by atoms with Crippen molar-refractivity contribution in [1.29, 1.82) is 5.26 Å². The molecule has 0 amide bonds. The summed E-state index contributed by atoms with van der Waals surface area (Å²) in [6, 6.07) is 24.2. The zero-order valence-corrected chi connectivity index (χ0v) is 14.6. The predicted molar refractivity (Wildman–Crippen MR) is 99.2 cm³/mol. The topological polar surface area (TPSA) is 79.2 Å². The highest BCUT2D eigenvalue weighted by atomic mass is 32.2. The van der Waals surface area contributed by atoms with E-state index in [0.29, 0.717) is 18.0 Å². The van der Waals surface area contributed by atoms with Gasteiger partial charge in [0.05, 0.1) is 16.5 Å². The van der Waals surface area contributed by atoms with Crippen LogP contribution in [0.25, 0.3) is 0 Å². The van der Waals surface area contributed by atoms with Crippen molar-refractivity contribution in [3.05, 3.63) is 90.0 Å².